The molecule has 2 N–H and O–H groups in total. The Bertz CT molecular complexity index is 865. The van der Waals surface area contributed by atoms with E-state index in [2.05, 4.69) is 11.4 Å². The number of halogens is 1. The van der Waals surface area contributed by atoms with Crippen molar-refractivity contribution in [2.45, 2.75) is 18.9 Å². The molecular weight excluding hydrogens is 344 g/mol. The van der Waals surface area contributed by atoms with Crippen molar-refractivity contribution in [3.63, 3.8) is 0 Å². The standard InChI is InChI=1S/C17H15ClN4OS/c1-17(8-14(23)22(2)16(20)21-17)13-7-12(15(18)24-13)11-5-3-4-10(6-11)9-19/h3-7H,8H2,1-2H3,(H2,20,21)/t17-/m0/s1. The number of guanidine groups is 1. The zero-order chi connectivity index (χ0) is 17.5. The van der Waals surface area contributed by atoms with E-state index in [1.165, 1.54) is 16.2 Å². The molecule has 2 heterocycles. The van der Waals surface area contributed by atoms with Gasteiger partial charge < -0.3 is 5.32 Å². The first-order valence-electron chi connectivity index (χ1n) is 7.28. The minimum Gasteiger partial charge on any atom is -0.345 e. The fourth-order valence-corrected chi connectivity index (χ4v) is 4.10. The number of nitrogens with zero attached hydrogens (tertiary/aromatic N) is 2. The Balaban J connectivity index is 2.01. The first kappa shape index (κ1) is 16.5. The van der Waals surface area contributed by atoms with Gasteiger partial charge in [0.05, 0.1) is 23.6 Å². The molecular formula is C17H15ClN4OS. The molecule has 1 fully saturated rings. The van der Waals surface area contributed by atoms with E-state index in [1.54, 1.807) is 19.2 Å². The van der Waals surface area contributed by atoms with Crippen LogP contribution in [-0.2, 0) is 10.3 Å². The number of carbonyl (C=O) groups is 1. The maximum Gasteiger partial charge on any atom is 0.231 e. The summed E-state index contributed by atoms with van der Waals surface area (Å²) in [6, 6.07) is 11.3. The third-order valence-electron chi connectivity index (χ3n) is 4.14. The molecule has 1 aromatic heterocycles. The molecule has 1 atom stereocenters. The Morgan fingerprint density at radius 1 is 1.46 bits per heavy atom. The van der Waals surface area contributed by atoms with Crippen LogP contribution in [0.4, 0.5) is 0 Å². The molecule has 24 heavy (non-hydrogen) atoms. The molecule has 0 radical (unpaired) electrons. The van der Waals surface area contributed by atoms with Crippen molar-refractivity contribution in [3.05, 3.63) is 45.1 Å². The quantitative estimate of drug-likeness (QED) is 0.861. The highest BCUT2D eigenvalue weighted by Gasteiger charge is 2.39. The van der Waals surface area contributed by atoms with Gasteiger partial charge in [-0.15, -0.1) is 11.3 Å². The van der Waals surface area contributed by atoms with Crippen molar-refractivity contribution in [2.24, 2.45) is 0 Å². The smallest absolute Gasteiger partial charge is 0.231 e. The van der Waals surface area contributed by atoms with E-state index in [1.807, 2.05) is 25.1 Å². The SMILES string of the molecule is CN1C(=N)N[C@](C)(c2cc(-c3cccc(C#N)c3)c(Cl)s2)CC1=O. The summed E-state index contributed by atoms with van der Waals surface area (Å²) in [6.45, 7) is 1.89. The van der Waals surface area contributed by atoms with Gasteiger partial charge in [0.2, 0.25) is 5.91 Å². The normalized spacial score (nSPS) is 20.7. The topological polar surface area (TPSA) is 80.0 Å². The molecule has 7 heteroatoms. The minimum absolute atomic E-state index is 0.0753. The summed E-state index contributed by atoms with van der Waals surface area (Å²) in [5.74, 6) is -0.0369. The number of nitriles is 1. The summed E-state index contributed by atoms with van der Waals surface area (Å²) in [7, 11) is 1.58. The first-order valence-corrected chi connectivity index (χ1v) is 8.47. The molecule has 0 spiro atoms. The van der Waals surface area contributed by atoms with Gasteiger partial charge in [-0.3, -0.25) is 15.1 Å². The Morgan fingerprint density at radius 3 is 2.88 bits per heavy atom. The second kappa shape index (κ2) is 5.93. The molecule has 1 aromatic carbocycles. The number of hydrogen-bond donors (Lipinski definition) is 2. The number of thiophene rings is 1. The molecule has 0 aliphatic carbocycles. The van der Waals surface area contributed by atoms with Crippen LogP contribution in [0, 0.1) is 16.7 Å². The van der Waals surface area contributed by atoms with Gasteiger partial charge in [0, 0.05) is 17.5 Å². The molecule has 2 aromatic rings. The van der Waals surface area contributed by atoms with Crippen LogP contribution in [0.3, 0.4) is 0 Å². The summed E-state index contributed by atoms with van der Waals surface area (Å²) in [6.07, 6.45) is 0.250. The average Bonchev–Trinajstić information content (AvgIpc) is 2.95. The zero-order valence-electron chi connectivity index (χ0n) is 13.2. The lowest BCUT2D eigenvalue weighted by atomic mass is 9.92. The average molecular weight is 359 g/mol. The van der Waals surface area contributed by atoms with Crippen molar-refractivity contribution >= 4 is 34.8 Å². The number of nitrogens with one attached hydrogen (secondary N) is 2. The van der Waals surface area contributed by atoms with Gasteiger partial charge in [0.15, 0.2) is 5.96 Å². The fourth-order valence-electron chi connectivity index (χ4n) is 2.68. The van der Waals surface area contributed by atoms with Crippen LogP contribution in [-0.4, -0.2) is 23.8 Å². The van der Waals surface area contributed by atoms with Crippen LogP contribution in [0.2, 0.25) is 4.34 Å². The molecule has 1 amide bonds. The summed E-state index contributed by atoms with van der Waals surface area (Å²) in [4.78, 5) is 14.3. The molecule has 5 nitrogen and oxygen atoms in total. The third kappa shape index (κ3) is 2.77. The second-order valence-electron chi connectivity index (χ2n) is 5.93. The monoisotopic (exact) mass is 358 g/mol. The molecule has 0 saturated carbocycles. The predicted molar refractivity (Wildman–Crippen MR) is 95.1 cm³/mol. The van der Waals surface area contributed by atoms with Crippen molar-refractivity contribution in [1.82, 2.24) is 10.2 Å². The van der Waals surface area contributed by atoms with Crippen LogP contribution < -0.4 is 5.32 Å². The van der Waals surface area contributed by atoms with Crippen molar-refractivity contribution < 1.29 is 4.79 Å². The van der Waals surface area contributed by atoms with Crippen LogP contribution in [0.5, 0.6) is 0 Å². The predicted octanol–water partition coefficient (Wildman–Crippen LogP) is 3.54. The van der Waals surface area contributed by atoms with E-state index in [0.29, 0.717) is 9.90 Å². The van der Waals surface area contributed by atoms with Gasteiger partial charge in [-0.25, -0.2) is 0 Å². The number of amides is 1. The first-order chi connectivity index (χ1) is 11.3. The van der Waals surface area contributed by atoms with Gasteiger partial charge in [-0.05, 0) is 30.7 Å². The Morgan fingerprint density at radius 2 is 2.21 bits per heavy atom. The van der Waals surface area contributed by atoms with Gasteiger partial charge in [0.25, 0.3) is 0 Å². The van der Waals surface area contributed by atoms with E-state index in [0.717, 1.165) is 16.0 Å². The number of benzene rings is 1. The second-order valence-corrected chi connectivity index (χ2v) is 7.58. The summed E-state index contributed by atoms with van der Waals surface area (Å²) in [5, 5.41) is 20.1. The van der Waals surface area contributed by atoms with E-state index in [-0.39, 0.29) is 18.3 Å². The highest BCUT2D eigenvalue weighted by Crippen LogP contribution is 2.42. The minimum atomic E-state index is -0.667. The van der Waals surface area contributed by atoms with Crippen LogP contribution in [0.25, 0.3) is 11.1 Å². The third-order valence-corrected chi connectivity index (χ3v) is 5.76. The molecule has 1 aliphatic heterocycles. The van der Waals surface area contributed by atoms with E-state index >= 15 is 0 Å². The summed E-state index contributed by atoms with van der Waals surface area (Å²) < 4.78 is 0.598. The Labute approximate surface area is 149 Å². The maximum absolute atomic E-state index is 12.1. The number of rotatable bonds is 2. The molecule has 0 bridgehead atoms. The van der Waals surface area contributed by atoms with Crippen molar-refractivity contribution in [1.29, 1.82) is 10.7 Å². The molecule has 0 unspecified atom stereocenters. The summed E-state index contributed by atoms with van der Waals surface area (Å²) >= 11 is 7.80. The summed E-state index contributed by atoms with van der Waals surface area (Å²) in [5.41, 5.74) is 1.59. The van der Waals surface area contributed by atoms with E-state index in [9.17, 15) is 4.79 Å². The molecule has 122 valence electrons. The van der Waals surface area contributed by atoms with Crippen LogP contribution >= 0.6 is 22.9 Å². The van der Waals surface area contributed by atoms with Gasteiger partial charge in [-0.1, -0.05) is 23.7 Å². The van der Waals surface area contributed by atoms with Crippen molar-refractivity contribution in [2.75, 3.05) is 7.05 Å². The number of hydrogen-bond acceptors (Lipinski definition) is 4. The van der Waals surface area contributed by atoms with Crippen LogP contribution in [0.1, 0.15) is 23.8 Å². The zero-order valence-corrected chi connectivity index (χ0v) is 14.8. The largest absolute Gasteiger partial charge is 0.345 e. The fraction of sp³-hybridized carbons (Fsp3) is 0.235. The molecule has 1 saturated heterocycles. The highest BCUT2D eigenvalue weighted by molar-refractivity contribution is 7.17. The lowest BCUT2D eigenvalue weighted by molar-refractivity contribution is -0.129. The highest BCUT2D eigenvalue weighted by atomic mass is 35.5. The van der Waals surface area contributed by atoms with Crippen LogP contribution in [0.15, 0.2) is 30.3 Å². The van der Waals surface area contributed by atoms with Gasteiger partial charge in [-0.2, -0.15) is 5.26 Å². The number of carbonyl (C=O) groups excluding carboxylic acids is 1. The lowest BCUT2D eigenvalue weighted by Gasteiger charge is -2.38. The lowest BCUT2D eigenvalue weighted by Crippen LogP contribution is -2.57. The van der Waals surface area contributed by atoms with Gasteiger partial charge in [0.1, 0.15) is 4.34 Å². The van der Waals surface area contributed by atoms with Gasteiger partial charge >= 0.3 is 0 Å². The van der Waals surface area contributed by atoms with E-state index in [4.69, 9.17) is 22.3 Å². The Kier molecular flexibility index (Phi) is 4.08. The molecule has 3 rings (SSSR count). The van der Waals surface area contributed by atoms with Crippen molar-refractivity contribution in [3.8, 4) is 17.2 Å². The van der Waals surface area contributed by atoms with E-state index < -0.39 is 5.54 Å². The maximum atomic E-state index is 12.1. The molecule has 1 aliphatic rings. The Hall–Kier alpha value is -2.36.